The fourth-order valence-electron chi connectivity index (χ4n) is 4.08. The molecular weight excluding hydrogens is 290 g/mol. The largest absolute Gasteiger partial charge is 0.497 e. The number of nitrogens with zero attached hydrogens (tertiary/aromatic N) is 1. The highest BCUT2D eigenvalue weighted by Gasteiger charge is 2.45. The molecule has 1 aromatic rings. The third kappa shape index (κ3) is 3.87. The lowest BCUT2D eigenvalue weighted by Crippen LogP contribution is -2.47. The molecule has 2 aliphatic rings. The quantitative estimate of drug-likeness (QED) is 0.806. The Morgan fingerprint density at radius 3 is 2.57 bits per heavy atom. The minimum absolute atomic E-state index is 0.120. The van der Waals surface area contributed by atoms with Crippen molar-refractivity contribution in [3.05, 3.63) is 29.8 Å². The Bertz CT molecular complexity index is 480. The molecule has 0 bridgehead atoms. The molecule has 4 heteroatoms. The van der Waals surface area contributed by atoms with Gasteiger partial charge < -0.3 is 14.2 Å². The summed E-state index contributed by atoms with van der Waals surface area (Å²) in [5, 5.41) is 0. The number of hydrogen-bond acceptors (Lipinski definition) is 4. The number of rotatable bonds is 6. The fraction of sp³-hybridized carbons (Fsp3) is 0.684. The lowest BCUT2D eigenvalue weighted by molar-refractivity contribution is -0.0721. The van der Waals surface area contributed by atoms with Crippen LogP contribution in [0.2, 0.25) is 0 Å². The van der Waals surface area contributed by atoms with Gasteiger partial charge in [0, 0.05) is 40.0 Å². The van der Waals surface area contributed by atoms with Crippen LogP contribution in [0.25, 0.3) is 0 Å². The summed E-state index contributed by atoms with van der Waals surface area (Å²) >= 11 is 0. The Hall–Kier alpha value is -1.10. The zero-order valence-electron chi connectivity index (χ0n) is 14.4. The van der Waals surface area contributed by atoms with Crippen molar-refractivity contribution in [1.82, 2.24) is 4.90 Å². The third-order valence-electron chi connectivity index (χ3n) is 5.54. The SMILES string of the molecule is COCC[C@@H]1CCOC12CCN(Cc1ccc(OC)cc1)CC2. The molecule has 128 valence electrons. The molecule has 2 fully saturated rings. The second-order valence-electron chi connectivity index (χ2n) is 6.80. The number of piperidine rings is 1. The average molecular weight is 319 g/mol. The molecule has 0 aromatic heterocycles. The first-order valence-corrected chi connectivity index (χ1v) is 8.74. The summed E-state index contributed by atoms with van der Waals surface area (Å²) in [5.41, 5.74) is 1.47. The minimum Gasteiger partial charge on any atom is -0.497 e. The van der Waals surface area contributed by atoms with Gasteiger partial charge in [-0.25, -0.2) is 0 Å². The van der Waals surface area contributed by atoms with E-state index in [1.807, 2.05) is 12.1 Å². The summed E-state index contributed by atoms with van der Waals surface area (Å²) in [4.78, 5) is 2.54. The van der Waals surface area contributed by atoms with Crippen molar-refractivity contribution in [2.24, 2.45) is 5.92 Å². The minimum atomic E-state index is 0.120. The van der Waals surface area contributed by atoms with E-state index in [4.69, 9.17) is 14.2 Å². The highest BCUT2D eigenvalue weighted by Crippen LogP contribution is 2.42. The Morgan fingerprint density at radius 1 is 1.17 bits per heavy atom. The first-order valence-electron chi connectivity index (χ1n) is 8.74. The molecule has 0 saturated carbocycles. The van der Waals surface area contributed by atoms with Crippen LogP contribution in [0.3, 0.4) is 0 Å². The van der Waals surface area contributed by atoms with Gasteiger partial charge in [0.2, 0.25) is 0 Å². The first kappa shape index (κ1) is 16.7. The van der Waals surface area contributed by atoms with E-state index in [0.717, 1.165) is 57.9 Å². The van der Waals surface area contributed by atoms with E-state index in [0.29, 0.717) is 5.92 Å². The molecule has 1 atom stereocenters. The Balaban J connectivity index is 1.53. The molecule has 0 N–H and O–H groups in total. The van der Waals surface area contributed by atoms with Crippen molar-refractivity contribution in [1.29, 1.82) is 0 Å². The number of benzene rings is 1. The monoisotopic (exact) mass is 319 g/mol. The molecule has 2 saturated heterocycles. The summed E-state index contributed by atoms with van der Waals surface area (Å²) in [6, 6.07) is 8.41. The van der Waals surface area contributed by atoms with Gasteiger partial charge in [0.1, 0.15) is 5.75 Å². The number of ether oxygens (including phenoxy) is 3. The Kier molecular flexibility index (Phi) is 5.57. The van der Waals surface area contributed by atoms with Crippen LogP contribution < -0.4 is 4.74 Å². The van der Waals surface area contributed by atoms with E-state index in [1.165, 1.54) is 12.0 Å². The maximum Gasteiger partial charge on any atom is 0.118 e. The first-order chi connectivity index (χ1) is 11.3. The number of likely N-dealkylation sites (tertiary alicyclic amines) is 1. The highest BCUT2D eigenvalue weighted by atomic mass is 16.5. The maximum absolute atomic E-state index is 6.22. The van der Waals surface area contributed by atoms with Crippen molar-refractivity contribution in [2.45, 2.75) is 37.8 Å². The van der Waals surface area contributed by atoms with Crippen molar-refractivity contribution in [3.8, 4) is 5.75 Å². The van der Waals surface area contributed by atoms with Gasteiger partial charge in [-0.2, -0.15) is 0 Å². The van der Waals surface area contributed by atoms with Crippen molar-refractivity contribution < 1.29 is 14.2 Å². The second kappa shape index (κ2) is 7.65. The van der Waals surface area contributed by atoms with Gasteiger partial charge in [-0.15, -0.1) is 0 Å². The molecule has 2 heterocycles. The van der Waals surface area contributed by atoms with Gasteiger partial charge in [-0.05, 0) is 49.3 Å². The second-order valence-corrected chi connectivity index (χ2v) is 6.80. The van der Waals surface area contributed by atoms with Gasteiger partial charge in [0.25, 0.3) is 0 Å². The van der Waals surface area contributed by atoms with E-state index < -0.39 is 0 Å². The molecule has 0 amide bonds. The summed E-state index contributed by atoms with van der Waals surface area (Å²) in [6.45, 7) is 5.03. The predicted octanol–water partition coefficient (Wildman–Crippen LogP) is 3.10. The number of methoxy groups -OCH3 is 2. The smallest absolute Gasteiger partial charge is 0.118 e. The van der Waals surface area contributed by atoms with Crippen LogP contribution in [0.5, 0.6) is 5.75 Å². The molecule has 1 aromatic carbocycles. The van der Waals surface area contributed by atoms with Crippen LogP contribution >= 0.6 is 0 Å². The van der Waals surface area contributed by atoms with Crippen molar-refractivity contribution >= 4 is 0 Å². The maximum atomic E-state index is 6.22. The van der Waals surface area contributed by atoms with Gasteiger partial charge in [-0.3, -0.25) is 4.90 Å². The normalized spacial score (nSPS) is 24.2. The van der Waals surface area contributed by atoms with Gasteiger partial charge in [-0.1, -0.05) is 12.1 Å². The Morgan fingerprint density at radius 2 is 1.91 bits per heavy atom. The van der Waals surface area contributed by atoms with Crippen molar-refractivity contribution in [3.63, 3.8) is 0 Å². The third-order valence-corrected chi connectivity index (χ3v) is 5.54. The fourth-order valence-corrected chi connectivity index (χ4v) is 4.08. The summed E-state index contributed by atoms with van der Waals surface area (Å²) < 4.78 is 16.7. The van der Waals surface area contributed by atoms with Crippen LogP contribution in [0.1, 0.15) is 31.2 Å². The van der Waals surface area contributed by atoms with Crippen LogP contribution in [0, 0.1) is 5.92 Å². The number of hydrogen-bond donors (Lipinski definition) is 0. The van der Waals surface area contributed by atoms with Crippen LogP contribution in [-0.4, -0.2) is 51.0 Å². The van der Waals surface area contributed by atoms with Crippen LogP contribution in [0.4, 0.5) is 0 Å². The molecule has 1 spiro atoms. The Labute approximate surface area is 139 Å². The molecule has 23 heavy (non-hydrogen) atoms. The molecule has 3 rings (SSSR count). The molecule has 0 aliphatic carbocycles. The highest BCUT2D eigenvalue weighted by molar-refractivity contribution is 5.27. The van der Waals surface area contributed by atoms with E-state index in [-0.39, 0.29) is 5.60 Å². The average Bonchev–Trinajstić information content (AvgIpc) is 2.98. The van der Waals surface area contributed by atoms with E-state index in [2.05, 4.69) is 17.0 Å². The van der Waals surface area contributed by atoms with Gasteiger partial charge >= 0.3 is 0 Å². The zero-order chi connectivity index (χ0) is 16.1. The van der Waals surface area contributed by atoms with E-state index in [9.17, 15) is 0 Å². The van der Waals surface area contributed by atoms with E-state index in [1.54, 1.807) is 14.2 Å². The molecule has 2 aliphatic heterocycles. The lowest BCUT2D eigenvalue weighted by atomic mass is 9.78. The zero-order valence-corrected chi connectivity index (χ0v) is 14.4. The van der Waals surface area contributed by atoms with Crippen LogP contribution in [-0.2, 0) is 16.0 Å². The predicted molar refractivity (Wildman–Crippen MR) is 90.8 cm³/mol. The molecular formula is C19H29NO3. The standard InChI is InChI=1S/C19H29NO3/c1-21-13-7-17-8-14-23-19(17)9-11-20(12-10-19)15-16-3-5-18(22-2)6-4-16/h3-6,17H,7-15H2,1-2H3/t17-/m1/s1. The van der Waals surface area contributed by atoms with Crippen molar-refractivity contribution in [2.75, 3.05) is 40.5 Å². The van der Waals surface area contributed by atoms with E-state index >= 15 is 0 Å². The molecule has 0 radical (unpaired) electrons. The summed E-state index contributed by atoms with van der Waals surface area (Å²) in [7, 11) is 3.50. The lowest BCUT2D eigenvalue weighted by Gasteiger charge is -2.42. The summed E-state index contributed by atoms with van der Waals surface area (Å²) in [5.74, 6) is 1.59. The van der Waals surface area contributed by atoms with Crippen LogP contribution in [0.15, 0.2) is 24.3 Å². The van der Waals surface area contributed by atoms with Gasteiger partial charge in [0.05, 0.1) is 12.7 Å². The van der Waals surface area contributed by atoms with Gasteiger partial charge in [0.15, 0.2) is 0 Å². The molecule has 4 nitrogen and oxygen atoms in total. The molecule has 0 unspecified atom stereocenters. The summed E-state index contributed by atoms with van der Waals surface area (Å²) in [6.07, 6.45) is 4.63. The topological polar surface area (TPSA) is 30.9 Å².